The normalized spacial score (nSPS) is 10.5. The predicted octanol–water partition coefficient (Wildman–Crippen LogP) is 2.23. The van der Waals surface area contributed by atoms with E-state index < -0.39 is 34.3 Å². The molecular weight excluding hydrogens is 341 g/mol. The van der Waals surface area contributed by atoms with Gasteiger partial charge >= 0.3 is 11.7 Å². The quantitative estimate of drug-likeness (QED) is 0.393. The Morgan fingerprint density at radius 2 is 2.19 bits per heavy atom. The lowest BCUT2D eigenvalue weighted by Crippen LogP contribution is -2.09. The van der Waals surface area contributed by atoms with E-state index in [4.69, 9.17) is 5.11 Å². The van der Waals surface area contributed by atoms with Gasteiger partial charge in [-0.1, -0.05) is 0 Å². The van der Waals surface area contributed by atoms with Gasteiger partial charge in [0.15, 0.2) is 9.39 Å². The van der Waals surface area contributed by atoms with Crippen molar-refractivity contribution in [1.29, 1.82) is 0 Å². The molecule has 0 fully saturated rings. The van der Waals surface area contributed by atoms with Crippen molar-refractivity contribution in [2.24, 2.45) is 0 Å². The average molecular weight is 344 g/mol. The number of carboxylic acid groups (broad SMARTS) is 1. The van der Waals surface area contributed by atoms with Gasteiger partial charge in [0.25, 0.3) is 6.43 Å². The van der Waals surface area contributed by atoms with Crippen molar-refractivity contribution in [3.8, 4) is 0 Å². The van der Waals surface area contributed by atoms with Gasteiger partial charge in [-0.25, -0.2) is 18.6 Å². The monoisotopic (exact) mass is 344 g/mol. The predicted molar refractivity (Wildman–Crippen MR) is 55.5 cm³/mol. The van der Waals surface area contributed by atoms with E-state index in [-0.39, 0.29) is 3.70 Å². The molecule has 1 aromatic rings. The summed E-state index contributed by atoms with van der Waals surface area (Å²) in [5, 5.41) is 19.0. The highest BCUT2D eigenvalue weighted by atomic mass is 127. The first-order chi connectivity index (χ1) is 7.34. The Morgan fingerprint density at radius 1 is 1.62 bits per heavy atom. The van der Waals surface area contributed by atoms with Gasteiger partial charge in [0.1, 0.15) is 0 Å². The number of hydrogen-bond donors (Lipinski definition) is 1. The van der Waals surface area contributed by atoms with Crippen molar-refractivity contribution < 1.29 is 23.6 Å². The fourth-order valence-corrected chi connectivity index (χ4v) is 1.55. The number of pyridine rings is 1. The van der Waals surface area contributed by atoms with Crippen molar-refractivity contribution in [3.05, 3.63) is 31.1 Å². The number of carboxylic acids is 1. The zero-order valence-corrected chi connectivity index (χ0v) is 9.51. The van der Waals surface area contributed by atoms with Gasteiger partial charge in [-0.3, -0.25) is 10.1 Å². The van der Waals surface area contributed by atoms with Crippen LogP contribution in [0.4, 0.5) is 14.5 Å². The molecule has 0 bridgehead atoms. The molecule has 9 heteroatoms. The SMILES string of the molecule is O=C(O)c1nc(I)c([N+](=O)[O-])cc1C(F)F. The van der Waals surface area contributed by atoms with Crippen LogP contribution < -0.4 is 0 Å². The molecule has 1 N–H and O–H groups in total. The third kappa shape index (κ3) is 2.40. The van der Waals surface area contributed by atoms with Gasteiger partial charge in [0, 0.05) is 6.07 Å². The summed E-state index contributed by atoms with van der Waals surface area (Å²) in [6.07, 6.45) is -3.13. The standard InChI is InChI=1S/C7H3F2IN2O4/c8-5(9)2-1-3(12(15)16)6(10)11-4(2)7(13)14/h1,5H,(H,13,14). The molecule has 0 unspecified atom stereocenters. The number of aromatic nitrogens is 1. The molecule has 1 aromatic heterocycles. The molecule has 0 atom stereocenters. The molecule has 1 heterocycles. The van der Waals surface area contributed by atoms with Crippen LogP contribution in [0.15, 0.2) is 6.07 Å². The van der Waals surface area contributed by atoms with Gasteiger partial charge in [0.2, 0.25) is 0 Å². The fraction of sp³-hybridized carbons (Fsp3) is 0.143. The lowest BCUT2D eigenvalue weighted by atomic mass is 10.2. The summed E-state index contributed by atoms with van der Waals surface area (Å²) in [4.78, 5) is 23.4. The Hall–Kier alpha value is -1.39. The van der Waals surface area contributed by atoms with E-state index in [1.54, 1.807) is 0 Å². The molecule has 16 heavy (non-hydrogen) atoms. The highest BCUT2D eigenvalue weighted by Gasteiger charge is 2.26. The summed E-state index contributed by atoms with van der Waals surface area (Å²) in [5.74, 6) is -1.65. The molecular formula is C7H3F2IN2O4. The minimum absolute atomic E-state index is 0.246. The van der Waals surface area contributed by atoms with Crippen LogP contribution in [0.1, 0.15) is 22.5 Å². The second-order valence-corrected chi connectivity index (χ2v) is 3.62. The molecule has 0 spiro atoms. The number of hydrogen-bond acceptors (Lipinski definition) is 4. The van der Waals surface area contributed by atoms with Crippen molar-refractivity contribution >= 4 is 34.2 Å². The van der Waals surface area contributed by atoms with E-state index in [9.17, 15) is 23.7 Å². The maximum atomic E-state index is 12.4. The van der Waals surface area contributed by atoms with Gasteiger partial charge in [-0.05, 0) is 22.6 Å². The minimum atomic E-state index is -3.13. The summed E-state index contributed by atoms with van der Waals surface area (Å²) < 4.78 is 24.6. The largest absolute Gasteiger partial charge is 0.476 e. The first-order valence-corrected chi connectivity index (χ1v) is 4.78. The Balaban J connectivity index is 3.49. The highest BCUT2D eigenvalue weighted by Crippen LogP contribution is 2.28. The lowest BCUT2D eigenvalue weighted by molar-refractivity contribution is -0.386. The number of alkyl halides is 2. The number of nitro groups is 1. The number of carbonyl (C=O) groups is 1. The van der Waals surface area contributed by atoms with E-state index in [1.165, 1.54) is 22.6 Å². The van der Waals surface area contributed by atoms with Crippen molar-refractivity contribution in [3.63, 3.8) is 0 Å². The van der Waals surface area contributed by atoms with Crippen molar-refractivity contribution in [2.45, 2.75) is 6.43 Å². The number of aromatic carboxylic acids is 1. The molecule has 0 saturated heterocycles. The Bertz CT molecular complexity index is 466. The molecule has 0 aliphatic heterocycles. The summed E-state index contributed by atoms with van der Waals surface area (Å²) in [7, 11) is 0. The second-order valence-electron chi connectivity index (χ2n) is 2.60. The maximum Gasteiger partial charge on any atom is 0.355 e. The number of halogens is 3. The van der Waals surface area contributed by atoms with Crippen molar-refractivity contribution in [2.75, 3.05) is 0 Å². The van der Waals surface area contributed by atoms with E-state index in [2.05, 4.69) is 4.98 Å². The fourth-order valence-electron chi connectivity index (χ4n) is 0.961. The van der Waals surface area contributed by atoms with E-state index in [0.29, 0.717) is 6.07 Å². The summed E-state index contributed by atoms with van der Waals surface area (Å²) in [6.45, 7) is 0. The average Bonchev–Trinajstić information content (AvgIpc) is 2.15. The second kappa shape index (κ2) is 4.63. The maximum absolute atomic E-state index is 12.4. The summed E-state index contributed by atoms with van der Waals surface area (Å²) >= 11 is 1.41. The third-order valence-corrected chi connectivity index (χ3v) is 2.42. The molecule has 0 aliphatic rings. The zero-order chi connectivity index (χ0) is 12.5. The Kier molecular flexibility index (Phi) is 3.67. The van der Waals surface area contributed by atoms with E-state index in [1.807, 2.05) is 0 Å². The third-order valence-electron chi connectivity index (χ3n) is 1.62. The molecule has 0 saturated carbocycles. The van der Waals surface area contributed by atoms with Crippen LogP contribution in [0.5, 0.6) is 0 Å². The van der Waals surface area contributed by atoms with Crippen LogP contribution >= 0.6 is 22.6 Å². The molecule has 0 aliphatic carbocycles. The van der Waals surface area contributed by atoms with Gasteiger partial charge in [-0.2, -0.15) is 0 Å². The van der Waals surface area contributed by atoms with Crippen LogP contribution in [0, 0.1) is 13.8 Å². The van der Waals surface area contributed by atoms with Crippen LogP contribution in [-0.2, 0) is 0 Å². The van der Waals surface area contributed by atoms with E-state index in [0.717, 1.165) is 0 Å². The van der Waals surface area contributed by atoms with Crippen molar-refractivity contribution in [1.82, 2.24) is 4.98 Å². The van der Waals surface area contributed by atoms with Crippen LogP contribution in [0.3, 0.4) is 0 Å². The number of nitrogens with zero attached hydrogens (tertiary/aromatic N) is 2. The lowest BCUT2D eigenvalue weighted by Gasteiger charge is -2.04. The number of rotatable bonds is 3. The minimum Gasteiger partial charge on any atom is -0.476 e. The van der Waals surface area contributed by atoms with Crippen LogP contribution in [0.25, 0.3) is 0 Å². The molecule has 86 valence electrons. The van der Waals surface area contributed by atoms with Crippen LogP contribution in [0.2, 0.25) is 0 Å². The van der Waals surface area contributed by atoms with Gasteiger partial charge < -0.3 is 5.11 Å². The van der Waals surface area contributed by atoms with Gasteiger partial charge in [0.05, 0.1) is 10.5 Å². The first kappa shape index (κ1) is 12.7. The molecule has 1 rings (SSSR count). The zero-order valence-electron chi connectivity index (χ0n) is 7.35. The topological polar surface area (TPSA) is 93.3 Å². The molecule has 0 amide bonds. The Morgan fingerprint density at radius 3 is 2.56 bits per heavy atom. The van der Waals surface area contributed by atoms with Crippen LogP contribution in [-0.4, -0.2) is 21.0 Å². The van der Waals surface area contributed by atoms with Gasteiger partial charge in [-0.15, -0.1) is 0 Å². The molecule has 0 aromatic carbocycles. The Labute approximate surface area is 101 Å². The first-order valence-electron chi connectivity index (χ1n) is 3.71. The molecule has 6 nitrogen and oxygen atoms in total. The summed E-state index contributed by atoms with van der Waals surface area (Å²) in [5.41, 5.74) is -2.47. The molecule has 0 radical (unpaired) electrons. The highest BCUT2D eigenvalue weighted by molar-refractivity contribution is 14.1. The van der Waals surface area contributed by atoms with E-state index >= 15 is 0 Å². The summed E-state index contributed by atoms with van der Waals surface area (Å²) in [6, 6.07) is 0.531. The smallest absolute Gasteiger partial charge is 0.355 e.